The van der Waals surface area contributed by atoms with Crippen LogP contribution in [0.2, 0.25) is 0 Å². The highest BCUT2D eigenvalue weighted by atomic mass is 16.1. The Kier molecular flexibility index (Phi) is 8.77. The molecule has 4 heteroatoms. The highest BCUT2D eigenvalue weighted by Gasteiger charge is 2.15. The first-order valence-corrected chi connectivity index (χ1v) is 18.4. The van der Waals surface area contributed by atoms with E-state index >= 15 is 0 Å². The van der Waals surface area contributed by atoms with Crippen molar-refractivity contribution >= 4 is 23.1 Å². The molecule has 0 aromatic heterocycles. The van der Waals surface area contributed by atoms with Crippen molar-refractivity contribution in [2.24, 2.45) is 0 Å². The average Bonchev–Trinajstić information content (AvgIpc) is 3.28. The zero-order valence-corrected chi connectivity index (χ0v) is 30.1. The molecule has 0 radical (unpaired) electrons. The fourth-order valence-corrected chi connectivity index (χ4v) is 7.18. The van der Waals surface area contributed by atoms with Gasteiger partial charge in [0.05, 0.1) is 0 Å². The maximum absolute atomic E-state index is 13.4. The number of rotatable bonds is 0. The second-order valence-electron chi connectivity index (χ2n) is 13.9. The van der Waals surface area contributed by atoms with Crippen LogP contribution in [-0.2, 0) is 0 Å². The van der Waals surface area contributed by atoms with Gasteiger partial charge in [0, 0.05) is 44.5 Å². The van der Waals surface area contributed by atoms with Gasteiger partial charge in [-0.25, -0.2) is 0 Å². The molecule has 264 valence electrons. The number of carbonyl (C=O) groups excluding carboxylic acids is 4. The Labute approximate surface area is 324 Å². The summed E-state index contributed by atoms with van der Waals surface area (Å²) in [6.45, 7) is 0. The van der Waals surface area contributed by atoms with E-state index in [1.54, 1.807) is 0 Å². The fraction of sp³-hybridized carbons (Fsp3) is 0. The van der Waals surface area contributed by atoms with Crippen molar-refractivity contribution < 1.29 is 19.2 Å². The Balaban J connectivity index is 1.03. The van der Waals surface area contributed by atoms with E-state index in [4.69, 9.17) is 0 Å². The summed E-state index contributed by atoms with van der Waals surface area (Å²) >= 11 is 0. The number of ketones is 4. The predicted molar refractivity (Wildman–Crippen MR) is 221 cm³/mol. The summed E-state index contributed by atoms with van der Waals surface area (Å²) in [7, 11) is 0. The molecule has 0 aliphatic heterocycles. The molecular weight excluding hydrogens is 689 g/mol. The second-order valence-corrected chi connectivity index (χ2v) is 13.9. The topological polar surface area (TPSA) is 68.3 Å². The van der Waals surface area contributed by atoms with Crippen molar-refractivity contribution in [2.45, 2.75) is 0 Å². The maximum Gasteiger partial charge on any atom is 0.193 e. The van der Waals surface area contributed by atoms with Gasteiger partial charge in [0.1, 0.15) is 0 Å². The molecule has 13 aliphatic carbocycles. The van der Waals surface area contributed by atoms with Crippen molar-refractivity contribution in [2.75, 3.05) is 0 Å². The van der Waals surface area contributed by atoms with E-state index in [-0.39, 0.29) is 23.1 Å². The van der Waals surface area contributed by atoms with Gasteiger partial charge in [0.25, 0.3) is 0 Å². The summed E-state index contributed by atoms with van der Waals surface area (Å²) < 4.78 is 0. The Bertz CT molecular complexity index is 2170. The number of hydrogen-bond donors (Lipinski definition) is 0. The predicted octanol–water partition coefficient (Wildman–Crippen LogP) is 11.6. The van der Waals surface area contributed by atoms with Crippen molar-refractivity contribution in [3.05, 3.63) is 239 Å². The lowest BCUT2D eigenvalue weighted by Gasteiger charge is -2.09. The number of hydrogen-bond acceptors (Lipinski definition) is 4. The fourth-order valence-electron chi connectivity index (χ4n) is 7.18. The van der Waals surface area contributed by atoms with Crippen molar-refractivity contribution in [3.8, 4) is 44.5 Å². The minimum absolute atomic E-state index is 0.0747. The normalized spacial score (nSPS) is 12.4. The molecule has 0 fully saturated rings. The Morgan fingerprint density at radius 2 is 0.196 bits per heavy atom. The van der Waals surface area contributed by atoms with E-state index in [0.29, 0.717) is 44.5 Å². The van der Waals surface area contributed by atoms with Crippen molar-refractivity contribution in [1.82, 2.24) is 0 Å². The summed E-state index contributed by atoms with van der Waals surface area (Å²) in [5, 5.41) is 0. The minimum atomic E-state index is -0.0747. The lowest BCUT2D eigenvalue weighted by molar-refractivity contribution is 0.103. The third-order valence-electron chi connectivity index (χ3n) is 10.5. The van der Waals surface area contributed by atoms with E-state index in [2.05, 4.69) is 0 Å². The van der Waals surface area contributed by atoms with Gasteiger partial charge in [-0.3, -0.25) is 19.2 Å². The van der Waals surface area contributed by atoms with E-state index in [1.807, 2.05) is 194 Å². The van der Waals surface area contributed by atoms with Gasteiger partial charge >= 0.3 is 0 Å². The van der Waals surface area contributed by atoms with Crippen LogP contribution in [0.4, 0.5) is 0 Å². The third kappa shape index (κ3) is 6.61. The molecule has 0 unspecified atom stereocenters. The zero-order chi connectivity index (χ0) is 38.2. The molecule has 16 bridgehead atoms. The minimum Gasteiger partial charge on any atom is -0.289 e. The van der Waals surface area contributed by atoms with Crippen LogP contribution in [-0.4, -0.2) is 23.1 Å². The zero-order valence-electron chi connectivity index (χ0n) is 30.1. The Morgan fingerprint density at radius 1 is 0.125 bits per heavy atom. The number of benzene rings is 8. The van der Waals surface area contributed by atoms with E-state index in [1.165, 1.54) is 0 Å². The van der Waals surface area contributed by atoms with E-state index < -0.39 is 0 Å². The van der Waals surface area contributed by atoms with Crippen LogP contribution in [0.25, 0.3) is 44.5 Å². The molecule has 56 heavy (non-hydrogen) atoms. The van der Waals surface area contributed by atoms with Gasteiger partial charge in [-0.1, -0.05) is 194 Å². The van der Waals surface area contributed by atoms with Crippen LogP contribution in [0.5, 0.6) is 0 Å². The first-order chi connectivity index (χ1) is 27.4. The van der Waals surface area contributed by atoms with Crippen LogP contribution in [0.15, 0.2) is 194 Å². The quantitative estimate of drug-likeness (QED) is 0.156. The lowest BCUT2D eigenvalue weighted by atomic mass is 9.94. The largest absolute Gasteiger partial charge is 0.289 e. The summed E-state index contributed by atoms with van der Waals surface area (Å²) in [5.74, 6) is -0.299. The molecular formula is C52H32O4. The van der Waals surface area contributed by atoms with Crippen LogP contribution in [0.3, 0.4) is 0 Å². The lowest BCUT2D eigenvalue weighted by Crippen LogP contribution is -2.02. The van der Waals surface area contributed by atoms with E-state index in [0.717, 1.165) is 44.5 Å². The van der Waals surface area contributed by atoms with Gasteiger partial charge in [-0.05, 0) is 44.5 Å². The Morgan fingerprint density at radius 3 is 0.286 bits per heavy atom. The first-order valence-electron chi connectivity index (χ1n) is 18.4. The molecule has 8 aromatic rings. The van der Waals surface area contributed by atoms with Crippen LogP contribution < -0.4 is 0 Å². The summed E-state index contributed by atoms with van der Waals surface area (Å²) in [5.41, 5.74) is 12.2. The molecule has 0 saturated carbocycles. The first kappa shape index (κ1) is 34.2. The van der Waals surface area contributed by atoms with Gasteiger partial charge in [-0.2, -0.15) is 0 Å². The summed E-state index contributed by atoms with van der Waals surface area (Å²) in [6, 6.07) is 59.9. The molecule has 8 aromatic carbocycles. The van der Waals surface area contributed by atoms with Gasteiger partial charge in [0.2, 0.25) is 0 Å². The smallest absolute Gasteiger partial charge is 0.193 e. The second kappa shape index (κ2) is 14.3. The van der Waals surface area contributed by atoms with Gasteiger partial charge < -0.3 is 0 Å². The summed E-state index contributed by atoms with van der Waals surface area (Å²) in [4.78, 5) is 53.6. The number of carbonyl (C=O) groups is 4. The van der Waals surface area contributed by atoms with Gasteiger partial charge in [-0.15, -0.1) is 0 Å². The standard InChI is InChI=1S/C52H32O4/c53-49-41-17-1-33(2-18-41)34-3-19-43(20-4-34)50(54)44-23-7-37(8-24-44)38-11-27-47(28-12-38)52(56)48-31-15-40(16-32-48)39-13-29-46(30-14-39)51(55)45-25-9-36(10-26-45)35-5-21-42(49)22-6-35/h1-32H. The molecule has 0 heterocycles. The van der Waals surface area contributed by atoms with Crippen molar-refractivity contribution in [1.29, 1.82) is 0 Å². The van der Waals surface area contributed by atoms with E-state index in [9.17, 15) is 19.2 Å². The molecule has 0 N–H and O–H groups in total. The Hall–Kier alpha value is -7.56. The van der Waals surface area contributed by atoms with Crippen LogP contribution >= 0.6 is 0 Å². The maximum atomic E-state index is 13.4. The molecule has 4 nitrogen and oxygen atoms in total. The highest BCUT2D eigenvalue weighted by Crippen LogP contribution is 2.28. The molecule has 0 spiro atoms. The molecule has 21 rings (SSSR count). The summed E-state index contributed by atoms with van der Waals surface area (Å²) in [6.07, 6.45) is 0. The SMILES string of the molecule is O=C1c2ccc(cc2)-c2ccc(cc2)C(=O)c2ccc(cc2)-c2ccc(cc2)C(=O)c2ccc(cc2)-c2ccc(cc2)C(=O)c2ccc(cc2)-c2ccc1cc2. The third-order valence-corrected chi connectivity index (χ3v) is 10.5. The molecule has 13 aliphatic rings. The highest BCUT2D eigenvalue weighted by molar-refractivity contribution is 6.11. The van der Waals surface area contributed by atoms with Crippen LogP contribution in [0.1, 0.15) is 63.7 Å². The van der Waals surface area contributed by atoms with Crippen molar-refractivity contribution in [3.63, 3.8) is 0 Å². The monoisotopic (exact) mass is 720 g/mol. The molecule has 0 atom stereocenters. The molecule has 0 saturated heterocycles. The average molecular weight is 721 g/mol. The van der Waals surface area contributed by atoms with Gasteiger partial charge in [0.15, 0.2) is 23.1 Å². The van der Waals surface area contributed by atoms with Crippen LogP contribution in [0, 0.1) is 0 Å². The molecule has 0 amide bonds.